The van der Waals surface area contributed by atoms with Gasteiger partial charge in [0.1, 0.15) is 23.1 Å². The minimum atomic E-state index is -3.65. The maximum atomic E-state index is 12.2. The van der Waals surface area contributed by atoms with E-state index >= 15 is 0 Å². The molecule has 0 saturated carbocycles. The van der Waals surface area contributed by atoms with E-state index in [9.17, 15) is 13.2 Å². The molecule has 182 valence electrons. The number of rotatable bonds is 14. The first-order valence-electron chi connectivity index (χ1n) is 10.5. The van der Waals surface area contributed by atoms with Crippen molar-refractivity contribution in [3.8, 4) is 17.4 Å². The standard InChI is InChI=1S/C22H28Cl2N2O6S/c1-3-4-5-12-33(28,29)26-21(27)9-7-16-6-8-18(31-11-10-30-2)14-20(16)32-22-19(24)13-17(23)15-25-22/h6,8,13-15H,3-5,7,9-12H2,1-2H3,(H,26,27). The number of nitrogens with one attached hydrogen (secondary N) is 1. The highest BCUT2D eigenvalue weighted by Gasteiger charge is 2.16. The van der Waals surface area contributed by atoms with Crippen molar-refractivity contribution in [1.82, 2.24) is 9.71 Å². The third kappa shape index (κ3) is 9.75. The molecular formula is C22H28Cl2N2O6S. The van der Waals surface area contributed by atoms with Crippen molar-refractivity contribution in [2.75, 3.05) is 26.1 Å². The Hall–Kier alpha value is -2.07. The van der Waals surface area contributed by atoms with E-state index in [0.29, 0.717) is 41.7 Å². The average molecular weight is 519 g/mol. The van der Waals surface area contributed by atoms with Crippen LogP contribution >= 0.6 is 23.2 Å². The van der Waals surface area contributed by atoms with E-state index in [2.05, 4.69) is 9.71 Å². The van der Waals surface area contributed by atoms with E-state index in [1.807, 2.05) is 6.92 Å². The Morgan fingerprint density at radius 2 is 1.94 bits per heavy atom. The summed E-state index contributed by atoms with van der Waals surface area (Å²) in [6.07, 6.45) is 3.78. The number of halogens is 2. The van der Waals surface area contributed by atoms with Crippen LogP contribution in [-0.4, -0.2) is 45.4 Å². The van der Waals surface area contributed by atoms with Gasteiger partial charge in [0.2, 0.25) is 21.8 Å². The summed E-state index contributed by atoms with van der Waals surface area (Å²) < 4.78 is 42.7. The Bertz CT molecular complexity index is 1030. The molecular weight excluding hydrogens is 491 g/mol. The molecule has 0 saturated heterocycles. The zero-order valence-electron chi connectivity index (χ0n) is 18.6. The number of hydrogen-bond acceptors (Lipinski definition) is 7. The number of carbonyl (C=O) groups excluding carboxylic acids is 1. The van der Waals surface area contributed by atoms with Crippen molar-refractivity contribution >= 4 is 39.1 Å². The van der Waals surface area contributed by atoms with Crippen LogP contribution in [-0.2, 0) is 26.0 Å². The van der Waals surface area contributed by atoms with Gasteiger partial charge in [-0.3, -0.25) is 9.52 Å². The topological polar surface area (TPSA) is 104 Å². The smallest absolute Gasteiger partial charge is 0.238 e. The van der Waals surface area contributed by atoms with E-state index in [1.54, 1.807) is 25.3 Å². The zero-order chi connectivity index (χ0) is 24.3. The number of aromatic nitrogens is 1. The van der Waals surface area contributed by atoms with Crippen LogP contribution < -0.4 is 14.2 Å². The molecule has 1 aromatic carbocycles. The Labute approximate surface area is 204 Å². The number of sulfonamides is 1. The summed E-state index contributed by atoms with van der Waals surface area (Å²) >= 11 is 12.1. The number of aryl methyl sites for hydroxylation is 1. The van der Waals surface area contributed by atoms with Crippen molar-refractivity contribution in [2.24, 2.45) is 0 Å². The fraction of sp³-hybridized carbons (Fsp3) is 0.455. The number of pyridine rings is 1. The number of unbranched alkanes of at least 4 members (excludes halogenated alkanes) is 2. The highest BCUT2D eigenvalue weighted by molar-refractivity contribution is 7.90. The fourth-order valence-corrected chi connectivity index (χ4v) is 4.37. The van der Waals surface area contributed by atoms with Crippen LogP contribution in [0.1, 0.15) is 38.2 Å². The summed E-state index contributed by atoms with van der Waals surface area (Å²) in [5.74, 6) is 0.383. The lowest BCUT2D eigenvalue weighted by Crippen LogP contribution is -2.32. The van der Waals surface area contributed by atoms with Crippen LogP contribution in [0.5, 0.6) is 17.4 Å². The van der Waals surface area contributed by atoms with Gasteiger partial charge in [-0.2, -0.15) is 0 Å². The quantitative estimate of drug-likeness (QED) is 0.359. The second-order valence-corrected chi connectivity index (χ2v) is 9.89. The number of nitrogens with zero attached hydrogens (tertiary/aromatic N) is 1. The molecule has 11 heteroatoms. The maximum Gasteiger partial charge on any atom is 0.238 e. The van der Waals surface area contributed by atoms with Crippen molar-refractivity contribution < 1.29 is 27.4 Å². The number of ether oxygens (including phenoxy) is 3. The summed E-state index contributed by atoms with van der Waals surface area (Å²) in [5.41, 5.74) is 0.653. The minimum Gasteiger partial charge on any atom is -0.491 e. The summed E-state index contributed by atoms with van der Waals surface area (Å²) in [4.78, 5) is 16.3. The van der Waals surface area contributed by atoms with E-state index in [4.69, 9.17) is 37.4 Å². The molecule has 8 nitrogen and oxygen atoms in total. The summed E-state index contributed by atoms with van der Waals surface area (Å²) in [5, 5.41) is 0.580. The molecule has 0 fully saturated rings. The summed E-state index contributed by atoms with van der Waals surface area (Å²) in [6.45, 7) is 2.73. The highest BCUT2D eigenvalue weighted by Crippen LogP contribution is 2.33. The lowest BCUT2D eigenvalue weighted by Gasteiger charge is -2.14. The van der Waals surface area contributed by atoms with Gasteiger partial charge >= 0.3 is 0 Å². The zero-order valence-corrected chi connectivity index (χ0v) is 20.9. The van der Waals surface area contributed by atoms with E-state index in [1.165, 1.54) is 12.3 Å². The molecule has 0 bridgehead atoms. The highest BCUT2D eigenvalue weighted by atomic mass is 35.5. The van der Waals surface area contributed by atoms with Crippen molar-refractivity contribution in [2.45, 2.75) is 39.0 Å². The lowest BCUT2D eigenvalue weighted by molar-refractivity contribution is -0.119. The molecule has 1 aromatic heterocycles. The number of benzene rings is 1. The number of carbonyl (C=O) groups is 1. The van der Waals surface area contributed by atoms with Gasteiger partial charge in [0.05, 0.1) is 17.4 Å². The monoisotopic (exact) mass is 518 g/mol. The molecule has 2 rings (SSSR count). The predicted octanol–water partition coefficient (Wildman–Crippen LogP) is 4.77. The van der Waals surface area contributed by atoms with Crippen molar-refractivity contribution in [3.63, 3.8) is 0 Å². The first-order chi connectivity index (χ1) is 15.7. The van der Waals surface area contributed by atoms with Gasteiger partial charge in [-0.05, 0) is 30.5 Å². The molecule has 0 aliphatic heterocycles. The lowest BCUT2D eigenvalue weighted by atomic mass is 10.1. The van der Waals surface area contributed by atoms with Crippen LogP contribution in [0.3, 0.4) is 0 Å². The van der Waals surface area contributed by atoms with Crippen LogP contribution in [0.2, 0.25) is 10.0 Å². The van der Waals surface area contributed by atoms with Gasteiger partial charge in [0, 0.05) is 25.8 Å². The average Bonchev–Trinajstić information content (AvgIpc) is 2.75. The maximum absolute atomic E-state index is 12.2. The Balaban J connectivity index is 2.13. The summed E-state index contributed by atoms with van der Waals surface area (Å²) in [6, 6.07) is 6.62. The summed E-state index contributed by atoms with van der Waals surface area (Å²) in [7, 11) is -2.07. The molecule has 0 unspecified atom stereocenters. The number of hydrogen-bond donors (Lipinski definition) is 1. The largest absolute Gasteiger partial charge is 0.491 e. The Morgan fingerprint density at radius 3 is 2.64 bits per heavy atom. The Morgan fingerprint density at radius 1 is 1.15 bits per heavy atom. The molecule has 33 heavy (non-hydrogen) atoms. The number of methoxy groups -OCH3 is 1. The van der Waals surface area contributed by atoms with Crippen LogP contribution in [0.25, 0.3) is 0 Å². The van der Waals surface area contributed by atoms with Crippen molar-refractivity contribution in [1.29, 1.82) is 0 Å². The molecule has 0 aliphatic rings. The van der Waals surface area contributed by atoms with Gasteiger partial charge in [-0.15, -0.1) is 0 Å². The third-order valence-electron chi connectivity index (χ3n) is 4.48. The molecule has 0 radical (unpaired) electrons. The molecule has 0 atom stereocenters. The molecule has 2 aromatic rings. The molecule has 1 N–H and O–H groups in total. The van der Waals surface area contributed by atoms with E-state index in [0.717, 1.165) is 12.8 Å². The van der Waals surface area contributed by atoms with E-state index < -0.39 is 15.9 Å². The van der Waals surface area contributed by atoms with Crippen LogP contribution in [0, 0.1) is 0 Å². The van der Waals surface area contributed by atoms with Crippen molar-refractivity contribution in [3.05, 3.63) is 46.1 Å². The first kappa shape index (κ1) is 27.2. The predicted molar refractivity (Wildman–Crippen MR) is 128 cm³/mol. The molecule has 1 amide bonds. The second kappa shape index (κ2) is 13.6. The van der Waals surface area contributed by atoms with Gasteiger partial charge in [0.25, 0.3) is 0 Å². The molecule has 1 heterocycles. The first-order valence-corrected chi connectivity index (χ1v) is 12.9. The van der Waals surface area contributed by atoms with Gasteiger partial charge in [-0.1, -0.05) is 49.0 Å². The van der Waals surface area contributed by atoms with Gasteiger partial charge < -0.3 is 14.2 Å². The van der Waals surface area contributed by atoms with E-state index in [-0.39, 0.29) is 29.5 Å². The number of amides is 1. The van der Waals surface area contributed by atoms with Gasteiger partial charge in [-0.25, -0.2) is 13.4 Å². The Kier molecular flexibility index (Phi) is 11.2. The third-order valence-corrected chi connectivity index (χ3v) is 6.33. The fourth-order valence-electron chi connectivity index (χ4n) is 2.82. The molecule has 0 aliphatic carbocycles. The second-order valence-electron chi connectivity index (χ2n) is 7.20. The minimum absolute atomic E-state index is 0.0466. The normalized spacial score (nSPS) is 11.3. The SMILES string of the molecule is CCCCCS(=O)(=O)NC(=O)CCc1ccc(OCCOC)cc1Oc1ncc(Cl)cc1Cl. The van der Waals surface area contributed by atoms with Gasteiger partial charge in [0.15, 0.2) is 0 Å². The van der Waals surface area contributed by atoms with Crippen LogP contribution in [0.15, 0.2) is 30.5 Å². The molecule has 0 spiro atoms. The van der Waals surface area contributed by atoms with Crippen LogP contribution in [0.4, 0.5) is 0 Å².